The molecule has 3 aromatic carbocycles. The van der Waals surface area contributed by atoms with Gasteiger partial charge in [0.2, 0.25) is 5.91 Å². The lowest BCUT2D eigenvalue weighted by Gasteiger charge is -2.32. The van der Waals surface area contributed by atoms with Crippen LogP contribution in [0.2, 0.25) is 10.0 Å². The molecular formula is C27H28Cl2N2O3. The number of amides is 2. The van der Waals surface area contributed by atoms with Gasteiger partial charge in [-0.2, -0.15) is 0 Å². The van der Waals surface area contributed by atoms with Gasteiger partial charge in [0.1, 0.15) is 11.8 Å². The Morgan fingerprint density at radius 3 is 2.15 bits per heavy atom. The minimum absolute atomic E-state index is 0.0811. The Labute approximate surface area is 210 Å². The molecule has 0 spiro atoms. The van der Waals surface area contributed by atoms with Gasteiger partial charge in [0.15, 0.2) is 6.61 Å². The molecule has 0 bridgehead atoms. The number of halogens is 2. The number of para-hydroxylation sites is 1. The number of nitrogens with one attached hydrogen (secondary N) is 1. The molecule has 0 aliphatic heterocycles. The second-order valence-corrected chi connectivity index (χ2v) is 9.02. The van der Waals surface area contributed by atoms with Crippen LogP contribution in [0.15, 0.2) is 78.9 Å². The normalized spacial score (nSPS) is 11.7. The zero-order valence-corrected chi connectivity index (χ0v) is 20.7. The maximum atomic E-state index is 13.5. The van der Waals surface area contributed by atoms with Crippen LogP contribution in [0.1, 0.15) is 25.0 Å². The lowest BCUT2D eigenvalue weighted by Crippen LogP contribution is -2.52. The van der Waals surface area contributed by atoms with Crippen molar-refractivity contribution in [2.75, 3.05) is 6.61 Å². The Bertz CT molecular complexity index is 1110. The highest BCUT2D eigenvalue weighted by Gasteiger charge is 2.31. The van der Waals surface area contributed by atoms with Crippen molar-refractivity contribution in [2.24, 2.45) is 0 Å². The molecule has 0 radical (unpaired) electrons. The average Bonchev–Trinajstić information content (AvgIpc) is 2.82. The maximum absolute atomic E-state index is 13.5. The van der Waals surface area contributed by atoms with Gasteiger partial charge in [0.25, 0.3) is 5.91 Å². The van der Waals surface area contributed by atoms with E-state index in [1.165, 1.54) is 4.90 Å². The average molecular weight is 499 g/mol. The van der Waals surface area contributed by atoms with Crippen molar-refractivity contribution >= 4 is 35.0 Å². The molecule has 3 rings (SSSR count). The van der Waals surface area contributed by atoms with Gasteiger partial charge in [0, 0.05) is 24.0 Å². The fraction of sp³-hybridized carbons (Fsp3) is 0.259. The first kappa shape index (κ1) is 25.6. The van der Waals surface area contributed by atoms with Crippen molar-refractivity contribution in [3.8, 4) is 5.75 Å². The molecule has 34 heavy (non-hydrogen) atoms. The molecule has 1 atom stereocenters. The summed E-state index contributed by atoms with van der Waals surface area (Å²) in [5.41, 5.74) is 1.68. The molecule has 0 saturated carbocycles. The van der Waals surface area contributed by atoms with E-state index in [1.54, 1.807) is 30.3 Å². The summed E-state index contributed by atoms with van der Waals surface area (Å²) >= 11 is 12.6. The Hall–Kier alpha value is -3.02. The summed E-state index contributed by atoms with van der Waals surface area (Å²) in [5.74, 6) is -0.182. The van der Waals surface area contributed by atoms with Gasteiger partial charge in [-0.05, 0) is 43.2 Å². The SMILES string of the molecule is CC(C)NC(=O)C(Cc1ccccc1)N(Cc1ccccc1Cl)C(=O)COc1ccccc1Cl. The summed E-state index contributed by atoms with van der Waals surface area (Å²) in [7, 11) is 0. The van der Waals surface area contributed by atoms with Crippen LogP contribution in [0.25, 0.3) is 0 Å². The summed E-state index contributed by atoms with van der Waals surface area (Å²) in [4.78, 5) is 28.3. The molecule has 3 aromatic rings. The first-order chi connectivity index (χ1) is 16.3. The molecule has 0 aliphatic rings. The van der Waals surface area contributed by atoms with E-state index in [0.29, 0.717) is 22.2 Å². The van der Waals surface area contributed by atoms with Gasteiger partial charge >= 0.3 is 0 Å². The van der Waals surface area contributed by atoms with Crippen LogP contribution >= 0.6 is 23.2 Å². The number of rotatable bonds is 10. The van der Waals surface area contributed by atoms with E-state index in [4.69, 9.17) is 27.9 Å². The number of carbonyl (C=O) groups excluding carboxylic acids is 2. The van der Waals surface area contributed by atoms with Gasteiger partial charge < -0.3 is 15.0 Å². The van der Waals surface area contributed by atoms with E-state index in [-0.39, 0.29) is 31.0 Å². The minimum atomic E-state index is -0.761. The second kappa shape index (κ2) is 12.4. The topological polar surface area (TPSA) is 58.6 Å². The Morgan fingerprint density at radius 2 is 1.50 bits per heavy atom. The smallest absolute Gasteiger partial charge is 0.261 e. The molecule has 1 N–H and O–H groups in total. The summed E-state index contributed by atoms with van der Waals surface area (Å²) < 4.78 is 5.72. The van der Waals surface area contributed by atoms with E-state index < -0.39 is 6.04 Å². The van der Waals surface area contributed by atoms with Gasteiger partial charge in [0.05, 0.1) is 5.02 Å². The fourth-order valence-electron chi connectivity index (χ4n) is 3.53. The van der Waals surface area contributed by atoms with Gasteiger partial charge in [-0.25, -0.2) is 0 Å². The van der Waals surface area contributed by atoms with Crippen LogP contribution < -0.4 is 10.1 Å². The number of hydrogen-bond donors (Lipinski definition) is 1. The molecule has 0 saturated heterocycles. The number of benzene rings is 3. The fourth-order valence-corrected chi connectivity index (χ4v) is 3.91. The van der Waals surface area contributed by atoms with Gasteiger partial charge in [-0.3, -0.25) is 9.59 Å². The van der Waals surface area contributed by atoms with Crippen molar-refractivity contribution in [3.05, 3.63) is 100 Å². The molecule has 5 nitrogen and oxygen atoms in total. The molecular weight excluding hydrogens is 471 g/mol. The Kier molecular flexibility index (Phi) is 9.37. The highest BCUT2D eigenvalue weighted by molar-refractivity contribution is 6.32. The third-order valence-corrected chi connectivity index (χ3v) is 5.87. The van der Waals surface area contributed by atoms with Crippen LogP contribution in [-0.4, -0.2) is 35.4 Å². The highest BCUT2D eigenvalue weighted by atomic mass is 35.5. The van der Waals surface area contributed by atoms with Crippen LogP contribution in [0.3, 0.4) is 0 Å². The van der Waals surface area contributed by atoms with Gasteiger partial charge in [-0.1, -0.05) is 83.9 Å². The summed E-state index contributed by atoms with van der Waals surface area (Å²) in [5, 5.41) is 3.89. The summed E-state index contributed by atoms with van der Waals surface area (Å²) in [6.07, 6.45) is 0.349. The monoisotopic (exact) mass is 498 g/mol. The second-order valence-electron chi connectivity index (χ2n) is 8.20. The van der Waals surface area contributed by atoms with Crippen molar-refractivity contribution in [2.45, 2.75) is 38.9 Å². The first-order valence-electron chi connectivity index (χ1n) is 11.1. The zero-order valence-electron chi connectivity index (χ0n) is 19.2. The molecule has 0 aliphatic carbocycles. The molecule has 0 heterocycles. The number of nitrogens with zero attached hydrogens (tertiary/aromatic N) is 1. The van der Waals surface area contributed by atoms with Crippen molar-refractivity contribution in [1.82, 2.24) is 10.2 Å². The number of hydrogen-bond acceptors (Lipinski definition) is 3. The number of ether oxygens (including phenoxy) is 1. The Morgan fingerprint density at radius 1 is 0.882 bits per heavy atom. The zero-order chi connectivity index (χ0) is 24.5. The lowest BCUT2D eigenvalue weighted by molar-refractivity contribution is -0.143. The quantitative estimate of drug-likeness (QED) is 0.399. The van der Waals surface area contributed by atoms with Crippen LogP contribution in [0.5, 0.6) is 5.75 Å². The van der Waals surface area contributed by atoms with E-state index in [2.05, 4.69) is 5.32 Å². The molecule has 0 fully saturated rings. The lowest BCUT2D eigenvalue weighted by atomic mass is 10.0. The van der Waals surface area contributed by atoms with E-state index >= 15 is 0 Å². The summed E-state index contributed by atoms with van der Waals surface area (Å²) in [6.45, 7) is 3.66. The third-order valence-electron chi connectivity index (χ3n) is 5.19. The molecule has 2 amide bonds. The van der Waals surface area contributed by atoms with Crippen LogP contribution in [0.4, 0.5) is 0 Å². The molecule has 0 aromatic heterocycles. The van der Waals surface area contributed by atoms with Gasteiger partial charge in [-0.15, -0.1) is 0 Å². The largest absolute Gasteiger partial charge is 0.482 e. The molecule has 7 heteroatoms. The maximum Gasteiger partial charge on any atom is 0.261 e. The van der Waals surface area contributed by atoms with E-state index in [0.717, 1.165) is 11.1 Å². The van der Waals surface area contributed by atoms with Crippen molar-refractivity contribution < 1.29 is 14.3 Å². The molecule has 1 unspecified atom stereocenters. The summed E-state index contributed by atoms with van der Waals surface area (Å²) in [6, 6.07) is 23.0. The van der Waals surface area contributed by atoms with Crippen LogP contribution in [0, 0.1) is 0 Å². The Balaban J connectivity index is 1.93. The third kappa shape index (κ3) is 7.24. The highest BCUT2D eigenvalue weighted by Crippen LogP contribution is 2.24. The van der Waals surface area contributed by atoms with Crippen molar-refractivity contribution in [1.29, 1.82) is 0 Å². The van der Waals surface area contributed by atoms with E-state index in [9.17, 15) is 9.59 Å². The van der Waals surface area contributed by atoms with Crippen LogP contribution in [-0.2, 0) is 22.6 Å². The van der Waals surface area contributed by atoms with Crippen molar-refractivity contribution in [3.63, 3.8) is 0 Å². The minimum Gasteiger partial charge on any atom is -0.482 e. The first-order valence-corrected chi connectivity index (χ1v) is 11.8. The van der Waals surface area contributed by atoms with E-state index in [1.807, 2.05) is 62.4 Å². The molecule has 178 valence electrons. The predicted molar refractivity (Wildman–Crippen MR) is 136 cm³/mol. The number of carbonyl (C=O) groups is 2. The standard InChI is InChI=1S/C27H28Cl2N2O3/c1-19(2)30-27(33)24(16-20-10-4-3-5-11-20)31(17-21-12-6-7-13-22(21)28)26(32)18-34-25-15-9-8-14-23(25)29/h3-15,19,24H,16-18H2,1-2H3,(H,30,33). The predicted octanol–water partition coefficient (Wildman–Crippen LogP) is 5.54.